The molecule has 1 aromatic rings. The van der Waals surface area contributed by atoms with Crippen molar-refractivity contribution in [3.8, 4) is 5.75 Å². The lowest BCUT2D eigenvalue weighted by molar-refractivity contribution is 0.149. The first-order chi connectivity index (χ1) is 9.69. The second-order valence-corrected chi connectivity index (χ2v) is 6.76. The van der Waals surface area contributed by atoms with Crippen LogP contribution in [0.15, 0.2) is 22.7 Å². The smallest absolute Gasteiger partial charge is 0.133 e. The first kappa shape index (κ1) is 15.8. The Morgan fingerprint density at radius 2 is 2.05 bits per heavy atom. The largest absolute Gasteiger partial charge is 0.496 e. The molecular formula is C17H25BrO2. The van der Waals surface area contributed by atoms with Crippen LogP contribution in [0.2, 0.25) is 0 Å². The van der Waals surface area contributed by atoms with Crippen molar-refractivity contribution < 1.29 is 9.84 Å². The van der Waals surface area contributed by atoms with Crippen molar-refractivity contribution in [3.63, 3.8) is 0 Å². The second kappa shape index (κ2) is 8.04. The van der Waals surface area contributed by atoms with Gasteiger partial charge in [-0.25, -0.2) is 0 Å². The minimum Gasteiger partial charge on any atom is -0.496 e. The number of hydrogen-bond acceptors (Lipinski definition) is 2. The number of ether oxygens (including phenoxy) is 1. The van der Waals surface area contributed by atoms with E-state index >= 15 is 0 Å². The van der Waals surface area contributed by atoms with E-state index in [1.54, 1.807) is 7.11 Å². The third-order valence-electron chi connectivity index (χ3n) is 4.32. The van der Waals surface area contributed by atoms with Gasteiger partial charge in [0.05, 0.1) is 17.7 Å². The van der Waals surface area contributed by atoms with Gasteiger partial charge in [-0.3, -0.25) is 0 Å². The predicted octanol–water partition coefficient (Wildman–Crippen LogP) is 4.72. The molecule has 0 aromatic heterocycles. The third-order valence-corrected chi connectivity index (χ3v) is 4.94. The van der Waals surface area contributed by atoms with Gasteiger partial charge in [-0.05, 0) is 58.8 Å². The normalized spacial score (nSPS) is 17.9. The van der Waals surface area contributed by atoms with Crippen molar-refractivity contribution in [1.29, 1.82) is 0 Å². The van der Waals surface area contributed by atoms with Gasteiger partial charge in [-0.2, -0.15) is 0 Å². The van der Waals surface area contributed by atoms with E-state index in [2.05, 4.69) is 15.9 Å². The summed E-state index contributed by atoms with van der Waals surface area (Å²) in [5.74, 6) is 1.69. The molecule has 1 atom stereocenters. The van der Waals surface area contributed by atoms with Crippen molar-refractivity contribution in [2.45, 2.75) is 57.5 Å². The number of benzene rings is 1. The van der Waals surface area contributed by atoms with Crippen LogP contribution in [0.25, 0.3) is 0 Å². The minimum absolute atomic E-state index is 0.225. The van der Waals surface area contributed by atoms with E-state index in [1.807, 2.05) is 18.2 Å². The fraction of sp³-hybridized carbons (Fsp3) is 0.647. The summed E-state index contributed by atoms with van der Waals surface area (Å²) >= 11 is 3.49. The lowest BCUT2D eigenvalue weighted by Crippen LogP contribution is -2.14. The number of rotatable bonds is 6. The predicted molar refractivity (Wildman–Crippen MR) is 86.2 cm³/mol. The molecule has 0 heterocycles. The van der Waals surface area contributed by atoms with Crippen molar-refractivity contribution in [1.82, 2.24) is 0 Å². The topological polar surface area (TPSA) is 29.5 Å². The fourth-order valence-corrected chi connectivity index (χ4v) is 3.70. The second-order valence-electron chi connectivity index (χ2n) is 5.91. The van der Waals surface area contributed by atoms with E-state index in [4.69, 9.17) is 4.74 Å². The van der Waals surface area contributed by atoms with Gasteiger partial charge >= 0.3 is 0 Å². The van der Waals surface area contributed by atoms with Crippen LogP contribution in [0.4, 0.5) is 0 Å². The lowest BCUT2D eigenvalue weighted by atomic mass is 9.85. The van der Waals surface area contributed by atoms with Crippen molar-refractivity contribution in [2.75, 3.05) is 7.11 Å². The molecule has 2 rings (SSSR count). The standard InChI is InChI=1S/C17H25BrO2/c1-20-17-10-8-14(12-16(17)18)11-15(19)9-7-13-5-3-2-4-6-13/h8,10,12-13,15,19H,2-7,9,11H2,1H3. The molecule has 1 saturated carbocycles. The summed E-state index contributed by atoms with van der Waals surface area (Å²) in [6.45, 7) is 0. The van der Waals surface area contributed by atoms with Gasteiger partial charge in [0.1, 0.15) is 5.75 Å². The van der Waals surface area contributed by atoms with Crippen LogP contribution in [0.5, 0.6) is 5.75 Å². The Morgan fingerprint density at radius 3 is 2.70 bits per heavy atom. The molecule has 1 aromatic carbocycles. The molecule has 0 bridgehead atoms. The molecule has 0 amide bonds. The van der Waals surface area contributed by atoms with Gasteiger partial charge in [0.2, 0.25) is 0 Å². The Balaban J connectivity index is 1.78. The summed E-state index contributed by atoms with van der Waals surface area (Å²) in [5, 5.41) is 10.2. The van der Waals surface area contributed by atoms with Crippen molar-refractivity contribution in [3.05, 3.63) is 28.2 Å². The summed E-state index contributed by atoms with van der Waals surface area (Å²) < 4.78 is 6.18. The minimum atomic E-state index is -0.225. The number of halogens is 1. The van der Waals surface area contributed by atoms with Crippen LogP contribution in [-0.2, 0) is 6.42 Å². The molecule has 1 fully saturated rings. The molecule has 3 heteroatoms. The molecule has 1 aliphatic carbocycles. The van der Waals surface area contributed by atoms with E-state index < -0.39 is 0 Å². The third kappa shape index (κ3) is 4.78. The molecule has 0 saturated heterocycles. The molecule has 20 heavy (non-hydrogen) atoms. The molecule has 0 aliphatic heterocycles. The van der Waals surface area contributed by atoms with Crippen LogP contribution in [0, 0.1) is 5.92 Å². The summed E-state index contributed by atoms with van der Waals surface area (Å²) in [4.78, 5) is 0. The van der Waals surface area contributed by atoms with Gasteiger partial charge in [-0.15, -0.1) is 0 Å². The average molecular weight is 341 g/mol. The van der Waals surface area contributed by atoms with Gasteiger partial charge < -0.3 is 9.84 Å². The maximum atomic E-state index is 10.2. The summed E-state index contributed by atoms with van der Waals surface area (Å²) in [5.41, 5.74) is 1.16. The van der Waals surface area contributed by atoms with E-state index in [0.717, 1.165) is 34.5 Å². The lowest BCUT2D eigenvalue weighted by Gasteiger charge is -2.22. The Hall–Kier alpha value is -0.540. The Morgan fingerprint density at radius 1 is 1.30 bits per heavy atom. The average Bonchev–Trinajstić information content (AvgIpc) is 2.46. The zero-order valence-electron chi connectivity index (χ0n) is 12.3. The SMILES string of the molecule is COc1ccc(CC(O)CCC2CCCCC2)cc1Br. The van der Waals surface area contributed by atoms with Gasteiger partial charge in [0.15, 0.2) is 0 Å². The van der Waals surface area contributed by atoms with Gasteiger partial charge in [-0.1, -0.05) is 38.2 Å². The van der Waals surface area contributed by atoms with Crippen molar-refractivity contribution >= 4 is 15.9 Å². The zero-order valence-corrected chi connectivity index (χ0v) is 13.9. The Labute approximate surface area is 130 Å². The number of aliphatic hydroxyl groups excluding tert-OH is 1. The number of methoxy groups -OCH3 is 1. The molecule has 0 radical (unpaired) electrons. The van der Waals surface area contributed by atoms with Crippen LogP contribution in [0.1, 0.15) is 50.5 Å². The number of aliphatic hydroxyl groups is 1. The summed E-state index contributed by atoms with van der Waals surface area (Å²) in [7, 11) is 1.67. The molecule has 1 aliphatic rings. The monoisotopic (exact) mass is 340 g/mol. The highest BCUT2D eigenvalue weighted by Crippen LogP contribution is 2.29. The quantitative estimate of drug-likeness (QED) is 0.811. The maximum absolute atomic E-state index is 10.2. The van der Waals surface area contributed by atoms with E-state index in [9.17, 15) is 5.11 Å². The molecule has 1 N–H and O–H groups in total. The highest BCUT2D eigenvalue weighted by Gasteiger charge is 2.15. The fourth-order valence-electron chi connectivity index (χ4n) is 3.11. The molecular weight excluding hydrogens is 316 g/mol. The van der Waals surface area contributed by atoms with Crippen molar-refractivity contribution in [2.24, 2.45) is 5.92 Å². The van der Waals surface area contributed by atoms with Crippen LogP contribution >= 0.6 is 15.9 Å². The van der Waals surface area contributed by atoms with E-state index in [0.29, 0.717) is 0 Å². The maximum Gasteiger partial charge on any atom is 0.133 e. The van der Waals surface area contributed by atoms with E-state index in [-0.39, 0.29) is 6.10 Å². The van der Waals surface area contributed by atoms with Crippen LogP contribution in [-0.4, -0.2) is 18.3 Å². The van der Waals surface area contributed by atoms with Crippen LogP contribution in [0.3, 0.4) is 0 Å². The first-order valence-electron chi connectivity index (χ1n) is 7.69. The highest BCUT2D eigenvalue weighted by molar-refractivity contribution is 9.10. The van der Waals surface area contributed by atoms with Crippen LogP contribution < -0.4 is 4.74 Å². The van der Waals surface area contributed by atoms with E-state index in [1.165, 1.54) is 38.5 Å². The Bertz CT molecular complexity index is 413. The summed E-state index contributed by atoms with van der Waals surface area (Å²) in [6, 6.07) is 6.03. The number of hydrogen-bond donors (Lipinski definition) is 1. The van der Waals surface area contributed by atoms with Gasteiger partial charge in [0, 0.05) is 0 Å². The highest BCUT2D eigenvalue weighted by atomic mass is 79.9. The van der Waals surface area contributed by atoms with Gasteiger partial charge in [0.25, 0.3) is 0 Å². The first-order valence-corrected chi connectivity index (χ1v) is 8.49. The molecule has 112 valence electrons. The summed E-state index contributed by atoms with van der Waals surface area (Å²) in [6.07, 6.45) is 9.50. The molecule has 1 unspecified atom stereocenters. The Kier molecular flexibility index (Phi) is 6.37. The zero-order chi connectivity index (χ0) is 14.4. The molecule has 2 nitrogen and oxygen atoms in total. The molecule has 0 spiro atoms.